The minimum Gasteiger partial charge on any atom is -0.462 e. The van der Waals surface area contributed by atoms with Gasteiger partial charge in [-0.05, 0) is 43.4 Å². The van der Waals surface area contributed by atoms with Crippen molar-refractivity contribution < 1.29 is 80.2 Å². The first-order valence-corrected chi connectivity index (χ1v) is 46.4. The van der Waals surface area contributed by atoms with Gasteiger partial charge in [0.1, 0.15) is 19.3 Å². The molecule has 0 aromatic rings. The van der Waals surface area contributed by atoms with Crippen molar-refractivity contribution in [3.05, 3.63) is 0 Å². The molecule has 6 atom stereocenters. The average molecular weight is 1510 g/mol. The first-order chi connectivity index (χ1) is 49.8. The van der Waals surface area contributed by atoms with Gasteiger partial charge in [0.05, 0.1) is 26.4 Å². The van der Waals surface area contributed by atoms with Crippen LogP contribution in [0.4, 0.5) is 0 Å². The van der Waals surface area contributed by atoms with E-state index in [0.29, 0.717) is 31.6 Å². The van der Waals surface area contributed by atoms with E-state index in [4.69, 9.17) is 37.0 Å². The Bertz CT molecular complexity index is 1990. The Balaban J connectivity index is 5.21. The van der Waals surface area contributed by atoms with E-state index in [9.17, 15) is 43.2 Å². The van der Waals surface area contributed by atoms with Gasteiger partial charge in [0.2, 0.25) is 0 Å². The van der Waals surface area contributed by atoms with Gasteiger partial charge in [0, 0.05) is 25.7 Å². The van der Waals surface area contributed by atoms with Crippen molar-refractivity contribution in [3.63, 3.8) is 0 Å². The van der Waals surface area contributed by atoms with Gasteiger partial charge in [-0.2, -0.15) is 0 Å². The summed E-state index contributed by atoms with van der Waals surface area (Å²) in [4.78, 5) is 73.1. The van der Waals surface area contributed by atoms with Crippen molar-refractivity contribution in [1.29, 1.82) is 0 Å². The zero-order valence-electron chi connectivity index (χ0n) is 67.8. The molecule has 0 saturated heterocycles. The van der Waals surface area contributed by atoms with Crippen LogP contribution in [0.2, 0.25) is 0 Å². The van der Waals surface area contributed by atoms with Crippen LogP contribution in [0.1, 0.15) is 440 Å². The topological polar surface area (TPSA) is 237 Å². The van der Waals surface area contributed by atoms with Crippen molar-refractivity contribution in [1.82, 2.24) is 0 Å². The molecule has 0 radical (unpaired) electrons. The fourth-order valence-electron chi connectivity index (χ4n) is 13.0. The zero-order valence-corrected chi connectivity index (χ0v) is 69.6. The van der Waals surface area contributed by atoms with Crippen LogP contribution < -0.4 is 0 Å². The number of aliphatic hydroxyl groups is 1. The summed E-state index contributed by atoms with van der Waals surface area (Å²) in [5.41, 5.74) is 0. The minimum absolute atomic E-state index is 0.105. The molecule has 0 rings (SSSR count). The summed E-state index contributed by atoms with van der Waals surface area (Å²) < 4.78 is 68.8. The molecule has 0 aliphatic heterocycles. The largest absolute Gasteiger partial charge is 0.472 e. The molecule has 0 spiro atoms. The monoisotopic (exact) mass is 1510 g/mol. The van der Waals surface area contributed by atoms with Crippen molar-refractivity contribution >= 4 is 39.5 Å². The van der Waals surface area contributed by atoms with Crippen LogP contribution in [0.15, 0.2) is 0 Å². The van der Waals surface area contributed by atoms with Gasteiger partial charge in [-0.1, -0.05) is 389 Å². The summed E-state index contributed by atoms with van der Waals surface area (Å²) in [5, 5.41) is 10.7. The second kappa shape index (κ2) is 74.2. The van der Waals surface area contributed by atoms with E-state index >= 15 is 0 Å². The average Bonchev–Trinajstić information content (AvgIpc) is 0.926. The molecule has 103 heavy (non-hydrogen) atoms. The molecule has 0 heterocycles. The zero-order chi connectivity index (χ0) is 75.8. The van der Waals surface area contributed by atoms with Crippen LogP contribution in [0.5, 0.6) is 0 Å². The standard InChI is InChI=1S/C84H164O17P2/c1-8-10-11-12-13-14-15-16-17-18-19-23-26-29-32-37-44-51-58-65-81(86)94-71-79(100-83(88)67-60-53-45-38-33-30-27-24-21-20-22-25-28-31-36-43-50-57-64-77(7)9-2)73-98-102(90,91)96-69-78(85)70-97-103(92,93)99-74-80(72-95-82(87)66-59-52-47-40-42-49-56-63-76(5)6)101-84(89)68-61-54-46-39-34-35-41-48-55-62-75(3)4/h75-80,85H,8-74H2,1-7H3,(H,90,91)(H,92,93)/t77?,78-,79-,80-/m1/s1. The lowest BCUT2D eigenvalue weighted by Gasteiger charge is -2.21. The smallest absolute Gasteiger partial charge is 0.462 e. The van der Waals surface area contributed by atoms with Crippen LogP contribution >= 0.6 is 15.6 Å². The molecule has 0 aliphatic carbocycles. The Labute approximate surface area is 632 Å². The molecule has 3 unspecified atom stereocenters. The van der Waals surface area contributed by atoms with Gasteiger partial charge in [0.15, 0.2) is 12.2 Å². The lowest BCUT2D eigenvalue weighted by Crippen LogP contribution is -2.30. The molecule has 0 aromatic heterocycles. The van der Waals surface area contributed by atoms with Crippen LogP contribution in [-0.2, 0) is 65.4 Å². The van der Waals surface area contributed by atoms with Crippen molar-refractivity contribution in [2.24, 2.45) is 17.8 Å². The predicted molar refractivity (Wildman–Crippen MR) is 423 cm³/mol. The highest BCUT2D eigenvalue weighted by molar-refractivity contribution is 7.47. The van der Waals surface area contributed by atoms with E-state index in [2.05, 4.69) is 48.5 Å². The normalized spacial score (nSPS) is 14.2. The summed E-state index contributed by atoms with van der Waals surface area (Å²) in [5.74, 6) is 0.202. The molecular formula is C84H164O17P2. The predicted octanol–water partition coefficient (Wildman–Crippen LogP) is 25.3. The number of phosphoric ester groups is 2. The summed E-state index contributed by atoms with van der Waals surface area (Å²) in [7, 11) is -9.92. The van der Waals surface area contributed by atoms with Gasteiger partial charge < -0.3 is 33.8 Å². The number of aliphatic hydroxyl groups excluding tert-OH is 1. The van der Waals surface area contributed by atoms with Crippen molar-refractivity contribution in [2.75, 3.05) is 39.6 Å². The lowest BCUT2D eigenvalue weighted by molar-refractivity contribution is -0.161. The lowest BCUT2D eigenvalue weighted by atomic mass is 9.99. The van der Waals surface area contributed by atoms with Crippen LogP contribution in [0.25, 0.3) is 0 Å². The van der Waals surface area contributed by atoms with Gasteiger partial charge in [-0.3, -0.25) is 37.3 Å². The van der Waals surface area contributed by atoms with E-state index in [1.54, 1.807) is 0 Å². The molecule has 612 valence electrons. The number of hydrogen-bond acceptors (Lipinski definition) is 15. The Morgan fingerprint density at radius 1 is 0.282 bits per heavy atom. The number of carbonyl (C=O) groups is 4. The van der Waals surface area contributed by atoms with Crippen LogP contribution in [0, 0.1) is 17.8 Å². The third kappa shape index (κ3) is 76.6. The number of carbonyl (C=O) groups excluding carboxylic acids is 4. The molecular weight excluding hydrogens is 1340 g/mol. The summed E-state index contributed by atoms with van der Waals surface area (Å²) >= 11 is 0. The summed E-state index contributed by atoms with van der Waals surface area (Å²) in [6.45, 7) is 11.9. The third-order valence-electron chi connectivity index (χ3n) is 20.0. The molecule has 0 bridgehead atoms. The quantitative estimate of drug-likeness (QED) is 0.0222. The van der Waals surface area contributed by atoms with Crippen molar-refractivity contribution in [3.8, 4) is 0 Å². The van der Waals surface area contributed by atoms with Crippen LogP contribution in [0.3, 0.4) is 0 Å². The first kappa shape index (κ1) is 101. The minimum atomic E-state index is -4.96. The molecule has 19 heteroatoms. The van der Waals surface area contributed by atoms with E-state index in [1.807, 2.05) is 0 Å². The highest BCUT2D eigenvalue weighted by Crippen LogP contribution is 2.45. The number of ether oxygens (including phenoxy) is 4. The van der Waals surface area contributed by atoms with Gasteiger partial charge in [-0.15, -0.1) is 0 Å². The van der Waals surface area contributed by atoms with Crippen LogP contribution in [-0.4, -0.2) is 96.7 Å². The maximum Gasteiger partial charge on any atom is 0.472 e. The fraction of sp³-hybridized carbons (Fsp3) is 0.952. The highest BCUT2D eigenvalue weighted by atomic mass is 31.2. The molecule has 0 fully saturated rings. The Hall–Kier alpha value is -1.94. The number of rotatable bonds is 82. The molecule has 0 aromatic carbocycles. The Morgan fingerprint density at radius 3 is 0.738 bits per heavy atom. The fourth-order valence-corrected chi connectivity index (χ4v) is 14.6. The second-order valence-electron chi connectivity index (χ2n) is 31.4. The van der Waals surface area contributed by atoms with Gasteiger partial charge in [-0.25, -0.2) is 9.13 Å². The Morgan fingerprint density at radius 2 is 0.495 bits per heavy atom. The summed E-state index contributed by atoms with van der Waals surface area (Å²) in [6.07, 6.45) is 64.1. The van der Waals surface area contributed by atoms with Gasteiger partial charge in [0.25, 0.3) is 0 Å². The number of unbranched alkanes of at least 4 members (excludes halogenated alkanes) is 49. The Kier molecular flexibility index (Phi) is 72.8. The maximum absolute atomic E-state index is 13.1. The number of esters is 4. The van der Waals surface area contributed by atoms with Gasteiger partial charge >= 0.3 is 39.5 Å². The number of phosphoric acid groups is 2. The van der Waals surface area contributed by atoms with E-state index in [0.717, 1.165) is 108 Å². The van der Waals surface area contributed by atoms with E-state index in [-0.39, 0.29) is 25.7 Å². The summed E-state index contributed by atoms with van der Waals surface area (Å²) in [6, 6.07) is 0. The molecule has 0 aliphatic rings. The molecule has 3 N–H and O–H groups in total. The molecule has 17 nitrogen and oxygen atoms in total. The second-order valence-corrected chi connectivity index (χ2v) is 34.3. The van der Waals surface area contributed by atoms with E-state index in [1.165, 1.54) is 244 Å². The highest BCUT2D eigenvalue weighted by Gasteiger charge is 2.30. The molecule has 0 amide bonds. The third-order valence-corrected chi connectivity index (χ3v) is 21.9. The molecule has 0 saturated carbocycles. The maximum atomic E-state index is 13.1. The number of hydrogen-bond donors (Lipinski definition) is 3. The SMILES string of the molecule is CCCCCCCCCCCCCCCCCCCCCC(=O)OC[C@H](COP(=O)(O)OC[C@@H](O)COP(=O)(O)OC[C@@H](COC(=O)CCCCCCCCCC(C)C)OC(=O)CCCCCCCCCCCC(C)C)OC(=O)CCCCCCCCCCCCCCCCCCCCC(C)CC. The first-order valence-electron chi connectivity index (χ1n) is 43.4. The van der Waals surface area contributed by atoms with E-state index < -0.39 is 97.5 Å². The van der Waals surface area contributed by atoms with Crippen molar-refractivity contribution in [2.45, 2.75) is 458 Å².